The summed E-state index contributed by atoms with van der Waals surface area (Å²) in [6.07, 6.45) is 8.58. The van der Waals surface area contributed by atoms with Gasteiger partial charge < -0.3 is 9.80 Å². The minimum absolute atomic E-state index is 0.375. The molecular weight excluding hydrogens is 581 g/mol. The minimum Gasteiger partial charge on any atom is -0.311 e. The highest BCUT2D eigenvalue weighted by Crippen LogP contribution is 2.61. The summed E-state index contributed by atoms with van der Waals surface area (Å²) < 4.78 is 0. The summed E-state index contributed by atoms with van der Waals surface area (Å²) in [6.45, 7) is 0. The Morgan fingerprint density at radius 2 is 0.708 bits per heavy atom. The van der Waals surface area contributed by atoms with Crippen LogP contribution >= 0.6 is 0 Å². The van der Waals surface area contributed by atoms with E-state index in [1.807, 2.05) is 0 Å². The van der Waals surface area contributed by atoms with Gasteiger partial charge in [0.05, 0.1) is 0 Å². The molecule has 4 fully saturated rings. The predicted molar refractivity (Wildman–Crippen MR) is 201 cm³/mol. The summed E-state index contributed by atoms with van der Waals surface area (Å²) in [6, 6.07) is 59.7. The van der Waals surface area contributed by atoms with E-state index in [1.165, 1.54) is 66.7 Å². The highest BCUT2D eigenvalue weighted by molar-refractivity contribution is 5.80. The molecule has 4 bridgehead atoms. The van der Waals surface area contributed by atoms with Crippen molar-refractivity contribution in [2.24, 2.45) is 17.8 Å². The fraction of sp³-hybridized carbons (Fsp3) is 0.217. The van der Waals surface area contributed by atoms with Crippen molar-refractivity contribution >= 4 is 34.1 Å². The molecule has 0 atom stereocenters. The monoisotopic (exact) mass is 622 g/mol. The lowest BCUT2D eigenvalue weighted by molar-refractivity contribution is -0.00516. The molecule has 0 unspecified atom stereocenters. The molecule has 0 amide bonds. The maximum absolute atomic E-state index is 2.53. The molecule has 236 valence electrons. The van der Waals surface area contributed by atoms with Crippen LogP contribution in [0.1, 0.15) is 44.1 Å². The number of benzene rings is 6. The third kappa shape index (κ3) is 5.40. The first-order chi connectivity index (χ1) is 23.7. The van der Waals surface area contributed by atoms with Crippen LogP contribution in [0.5, 0.6) is 0 Å². The number of para-hydroxylation sites is 3. The van der Waals surface area contributed by atoms with Crippen molar-refractivity contribution in [3.8, 4) is 11.1 Å². The van der Waals surface area contributed by atoms with Crippen LogP contribution in [0, 0.1) is 17.8 Å². The molecule has 0 saturated heterocycles. The van der Waals surface area contributed by atoms with Crippen LogP contribution in [0.15, 0.2) is 164 Å². The van der Waals surface area contributed by atoms with E-state index < -0.39 is 0 Å². The molecular formula is C46H42N2. The van der Waals surface area contributed by atoms with Crippen molar-refractivity contribution < 1.29 is 0 Å². The molecule has 0 aromatic heterocycles. The van der Waals surface area contributed by atoms with E-state index >= 15 is 0 Å². The summed E-state index contributed by atoms with van der Waals surface area (Å²) in [4.78, 5) is 4.75. The number of hydrogen-bond donors (Lipinski definition) is 0. The van der Waals surface area contributed by atoms with Gasteiger partial charge in [-0.1, -0.05) is 91.0 Å². The minimum atomic E-state index is 0.375. The van der Waals surface area contributed by atoms with Gasteiger partial charge >= 0.3 is 0 Å². The highest BCUT2D eigenvalue weighted by atomic mass is 15.1. The van der Waals surface area contributed by atoms with Crippen molar-refractivity contribution in [3.63, 3.8) is 0 Å². The summed E-state index contributed by atoms with van der Waals surface area (Å²) in [5, 5.41) is 0. The van der Waals surface area contributed by atoms with Gasteiger partial charge in [-0.3, -0.25) is 0 Å². The lowest BCUT2D eigenvalue weighted by Gasteiger charge is -2.57. The Labute approximate surface area is 285 Å². The van der Waals surface area contributed by atoms with E-state index in [1.54, 1.807) is 5.56 Å². The largest absolute Gasteiger partial charge is 0.311 e. The summed E-state index contributed by atoms with van der Waals surface area (Å²) in [7, 11) is 0. The van der Waals surface area contributed by atoms with Crippen molar-refractivity contribution in [2.75, 3.05) is 9.80 Å². The second kappa shape index (κ2) is 12.2. The first kappa shape index (κ1) is 29.1. The number of hydrogen-bond acceptors (Lipinski definition) is 2. The van der Waals surface area contributed by atoms with Gasteiger partial charge in [0.25, 0.3) is 0 Å². The predicted octanol–water partition coefficient (Wildman–Crippen LogP) is 12.8. The first-order valence-electron chi connectivity index (χ1n) is 17.8. The number of nitrogens with zero attached hydrogens (tertiary/aromatic N) is 2. The zero-order valence-corrected chi connectivity index (χ0v) is 27.5. The zero-order valence-electron chi connectivity index (χ0n) is 27.5. The molecule has 0 radical (unpaired) electrons. The SMILES string of the molecule is c1ccc(N(c2ccccc2)c2ccc(-c3ccc(N(c4ccccc4)c4cccc(C56CC7CC(CC(C7)C5)C6)c4)cc3)cc2)cc1. The molecule has 0 aliphatic heterocycles. The van der Waals surface area contributed by atoms with Gasteiger partial charge in [0.2, 0.25) is 0 Å². The number of rotatable bonds is 8. The molecule has 0 spiro atoms. The van der Waals surface area contributed by atoms with Crippen LogP contribution < -0.4 is 9.80 Å². The standard InChI is InChI=1S/C46H42N2/c1-4-12-40(13-5-1)47(41-14-6-2-7-15-41)43-23-19-37(20-24-43)38-21-25-44(26-22-38)48(42-16-8-3-9-17-42)45-18-10-11-39(30-45)46-31-34-27-35(32-46)29-36(28-34)33-46/h1-26,30,34-36H,27-29,31-33H2. The van der Waals surface area contributed by atoms with Gasteiger partial charge in [0.15, 0.2) is 0 Å². The Hall–Kier alpha value is -5.08. The van der Waals surface area contributed by atoms with E-state index in [0.29, 0.717) is 5.41 Å². The van der Waals surface area contributed by atoms with Crippen molar-refractivity contribution in [1.82, 2.24) is 0 Å². The molecule has 0 heterocycles. The lowest BCUT2D eigenvalue weighted by Crippen LogP contribution is -2.48. The Morgan fingerprint density at radius 1 is 0.354 bits per heavy atom. The third-order valence-corrected chi connectivity index (χ3v) is 11.4. The van der Waals surface area contributed by atoms with Gasteiger partial charge in [-0.15, -0.1) is 0 Å². The van der Waals surface area contributed by atoms with Crippen LogP contribution in [0.2, 0.25) is 0 Å². The molecule has 2 nitrogen and oxygen atoms in total. The average Bonchev–Trinajstić information content (AvgIpc) is 3.14. The van der Waals surface area contributed by atoms with Crippen molar-refractivity contribution in [2.45, 2.75) is 43.9 Å². The Kier molecular flexibility index (Phi) is 7.38. The summed E-state index contributed by atoms with van der Waals surface area (Å²) in [5.74, 6) is 2.81. The van der Waals surface area contributed by atoms with E-state index in [4.69, 9.17) is 0 Å². The van der Waals surface area contributed by atoms with Crippen molar-refractivity contribution in [3.05, 3.63) is 169 Å². The van der Waals surface area contributed by atoms with Crippen LogP contribution in [0.3, 0.4) is 0 Å². The fourth-order valence-electron chi connectivity index (χ4n) is 9.67. The molecule has 4 aliphatic carbocycles. The molecule has 6 aromatic carbocycles. The van der Waals surface area contributed by atoms with E-state index in [-0.39, 0.29) is 0 Å². The van der Waals surface area contributed by atoms with Gasteiger partial charge in [-0.05, 0) is 151 Å². The zero-order chi connectivity index (χ0) is 31.9. The normalized spacial score (nSPS) is 22.4. The lowest BCUT2D eigenvalue weighted by atomic mass is 9.48. The second-order valence-electron chi connectivity index (χ2n) is 14.5. The highest BCUT2D eigenvalue weighted by Gasteiger charge is 2.51. The Morgan fingerprint density at radius 3 is 1.12 bits per heavy atom. The van der Waals surface area contributed by atoms with Crippen LogP contribution in [-0.2, 0) is 5.41 Å². The van der Waals surface area contributed by atoms with Crippen LogP contribution in [0.25, 0.3) is 11.1 Å². The molecule has 2 heteroatoms. The first-order valence-corrected chi connectivity index (χ1v) is 17.8. The van der Waals surface area contributed by atoms with Crippen molar-refractivity contribution in [1.29, 1.82) is 0 Å². The molecule has 48 heavy (non-hydrogen) atoms. The Bertz CT molecular complexity index is 1910. The number of anilines is 6. The summed E-state index contributed by atoms with van der Waals surface area (Å²) >= 11 is 0. The molecule has 10 rings (SSSR count). The maximum Gasteiger partial charge on any atom is 0.0464 e. The molecule has 0 N–H and O–H groups in total. The van der Waals surface area contributed by atoms with Gasteiger partial charge in [0.1, 0.15) is 0 Å². The smallest absolute Gasteiger partial charge is 0.0464 e. The molecule has 4 aliphatic rings. The average molecular weight is 623 g/mol. The Balaban J connectivity index is 1.03. The van der Waals surface area contributed by atoms with Crippen LogP contribution in [0.4, 0.5) is 34.1 Å². The van der Waals surface area contributed by atoms with Gasteiger partial charge in [-0.25, -0.2) is 0 Å². The second-order valence-corrected chi connectivity index (χ2v) is 14.5. The van der Waals surface area contributed by atoms with Gasteiger partial charge in [-0.2, -0.15) is 0 Å². The van der Waals surface area contributed by atoms with E-state index in [0.717, 1.165) is 34.8 Å². The topological polar surface area (TPSA) is 6.48 Å². The molecule has 6 aromatic rings. The van der Waals surface area contributed by atoms with E-state index in [9.17, 15) is 0 Å². The third-order valence-electron chi connectivity index (χ3n) is 11.4. The van der Waals surface area contributed by atoms with E-state index in [2.05, 4.69) is 174 Å². The van der Waals surface area contributed by atoms with Crippen LogP contribution in [-0.4, -0.2) is 0 Å². The summed E-state index contributed by atoms with van der Waals surface area (Å²) in [5.41, 5.74) is 11.4. The van der Waals surface area contributed by atoms with Gasteiger partial charge in [0, 0.05) is 34.1 Å². The quantitative estimate of drug-likeness (QED) is 0.167. The fourth-order valence-corrected chi connectivity index (χ4v) is 9.67. The maximum atomic E-state index is 2.53. The molecule has 4 saturated carbocycles.